The Morgan fingerprint density at radius 1 is 1.32 bits per heavy atom. The lowest BCUT2D eigenvalue weighted by molar-refractivity contribution is 0.310. The van der Waals surface area contributed by atoms with Crippen molar-refractivity contribution in [3.05, 3.63) is 17.7 Å². The number of hydrogen-bond acceptors (Lipinski definition) is 3. The standard InChI is InChI=1S/C16H26N2O/c1-5-13-6-7-15(17-16(13)19-4)18-10-8-14(9-11-18)12(2)3/h6-7,12,14H,5,8-11H2,1-4H3. The summed E-state index contributed by atoms with van der Waals surface area (Å²) in [6.45, 7) is 9.03. The summed E-state index contributed by atoms with van der Waals surface area (Å²) in [7, 11) is 1.70. The molecule has 106 valence electrons. The molecule has 0 N–H and O–H groups in total. The Morgan fingerprint density at radius 3 is 2.53 bits per heavy atom. The van der Waals surface area contributed by atoms with Crippen molar-refractivity contribution in [1.29, 1.82) is 0 Å². The molecule has 0 spiro atoms. The fourth-order valence-corrected chi connectivity index (χ4v) is 2.88. The van der Waals surface area contributed by atoms with Crippen LogP contribution >= 0.6 is 0 Å². The number of pyridine rings is 1. The molecule has 0 unspecified atom stereocenters. The minimum absolute atomic E-state index is 0.783. The van der Waals surface area contributed by atoms with Crippen molar-refractivity contribution in [2.45, 2.75) is 40.0 Å². The largest absolute Gasteiger partial charge is 0.481 e. The Kier molecular flexibility index (Phi) is 4.67. The van der Waals surface area contributed by atoms with Crippen LogP contribution in [0, 0.1) is 11.8 Å². The van der Waals surface area contributed by atoms with Crippen molar-refractivity contribution in [2.24, 2.45) is 11.8 Å². The summed E-state index contributed by atoms with van der Waals surface area (Å²) in [5, 5.41) is 0. The van der Waals surface area contributed by atoms with Crippen molar-refractivity contribution < 1.29 is 4.74 Å². The molecule has 2 rings (SSSR count). The smallest absolute Gasteiger partial charge is 0.218 e. The molecule has 0 radical (unpaired) electrons. The monoisotopic (exact) mass is 262 g/mol. The van der Waals surface area contributed by atoms with Gasteiger partial charge in [0.05, 0.1) is 7.11 Å². The summed E-state index contributed by atoms with van der Waals surface area (Å²) in [4.78, 5) is 7.05. The van der Waals surface area contributed by atoms with Crippen molar-refractivity contribution in [3.63, 3.8) is 0 Å². The van der Waals surface area contributed by atoms with Gasteiger partial charge in [0.15, 0.2) is 0 Å². The molecule has 3 nitrogen and oxygen atoms in total. The Balaban J connectivity index is 2.07. The zero-order valence-corrected chi connectivity index (χ0v) is 12.6. The highest BCUT2D eigenvalue weighted by Gasteiger charge is 2.22. The molecule has 1 fully saturated rings. The van der Waals surface area contributed by atoms with Gasteiger partial charge < -0.3 is 9.64 Å². The van der Waals surface area contributed by atoms with Gasteiger partial charge in [0, 0.05) is 18.7 Å². The van der Waals surface area contributed by atoms with Gasteiger partial charge >= 0.3 is 0 Å². The van der Waals surface area contributed by atoms with Crippen molar-refractivity contribution in [2.75, 3.05) is 25.1 Å². The quantitative estimate of drug-likeness (QED) is 0.830. The first-order valence-corrected chi connectivity index (χ1v) is 7.44. The summed E-state index contributed by atoms with van der Waals surface area (Å²) in [5.74, 6) is 3.52. The molecule has 3 heteroatoms. The van der Waals surface area contributed by atoms with Gasteiger partial charge in [0.25, 0.3) is 0 Å². The van der Waals surface area contributed by atoms with E-state index in [2.05, 4.69) is 42.8 Å². The molecule has 0 aromatic carbocycles. The summed E-state index contributed by atoms with van der Waals surface area (Å²) in [6, 6.07) is 4.28. The average Bonchev–Trinajstić information content (AvgIpc) is 2.46. The van der Waals surface area contributed by atoms with Gasteiger partial charge in [-0.2, -0.15) is 4.98 Å². The van der Waals surface area contributed by atoms with Crippen LogP contribution in [-0.2, 0) is 6.42 Å². The average molecular weight is 262 g/mol. The maximum absolute atomic E-state index is 5.39. The first-order valence-electron chi connectivity index (χ1n) is 7.44. The third-order valence-corrected chi connectivity index (χ3v) is 4.31. The SMILES string of the molecule is CCc1ccc(N2CCC(C(C)C)CC2)nc1OC. The third-order valence-electron chi connectivity index (χ3n) is 4.31. The molecule has 19 heavy (non-hydrogen) atoms. The predicted octanol–water partition coefficient (Wildman–Crippen LogP) is 3.53. The van der Waals surface area contributed by atoms with Crippen molar-refractivity contribution in [3.8, 4) is 5.88 Å². The molecule has 1 aromatic heterocycles. The lowest BCUT2D eigenvalue weighted by atomic mass is 9.87. The van der Waals surface area contributed by atoms with Crippen LogP contribution < -0.4 is 9.64 Å². The highest BCUT2D eigenvalue weighted by molar-refractivity contribution is 5.44. The first-order chi connectivity index (χ1) is 9.15. The number of methoxy groups -OCH3 is 1. The molecule has 2 heterocycles. The number of anilines is 1. The van der Waals surface area contributed by atoms with E-state index in [0.29, 0.717) is 0 Å². The topological polar surface area (TPSA) is 25.4 Å². The van der Waals surface area contributed by atoms with Crippen LogP contribution in [0.5, 0.6) is 5.88 Å². The molecule has 0 atom stereocenters. The second-order valence-corrected chi connectivity index (χ2v) is 5.76. The maximum Gasteiger partial charge on any atom is 0.218 e. The number of nitrogens with zero attached hydrogens (tertiary/aromatic N) is 2. The number of aryl methyl sites for hydroxylation is 1. The fourth-order valence-electron chi connectivity index (χ4n) is 2.88. The van der Waals surface area contributed by atoms with E-state index >= 15 is 0 Å². The van der Waals surface area contributed by atoms with Gasteiger partial charge in [-0.05, 0) is 43.2 Å². The first kappa shape index (κ1) is 14.2. The molecule has 0 amide bonds. The van der Waals surface area contributed by atoms with Crippen LogP contribution in [0.15, 0.2) is 12.1 Å². The predicted molar refractivity (Wildman–Crippen MR) is 79.9 cm³/mol. The maximum atomic E-state index is 5.39. The number of aromatic nitrogens is 1. The molecule has 0 bridgehead atoms. The summed E-state index contributed by atoms with van der Waals surface area (Å²) in [6.07, 6.45) is 3.51. The minimum Gasteiger partial charge on any atom is -0.481 e. The molecule has 1 aliphatic heterocycles. The lowest BCUT2D eigenvalue weighted by Crippen LogP contribution is -2.35. The fraction of sp³-hybridized carbons (Fsp3) is 0.688. The van der Waals surface area contributed by atoms with E-state index in [1.165, 1.54) is 18.4 Å². The highest BCUT2D eigenvalue weighted by atomic mass is 16.5. The van der Waals surface area contributed by atoms with Crippen molar-refractivity contribution in [1.82, 2.24) is 4.98 Å². The van der Waals surface area contributed by atoms with Gasteiger partial charge in [-0.15, -0.1) is 0 Å². The number of hydrogen-bond donors (Lipinski definition) is 0. The van der Waals surface area contributed by atoms with Crippen molar-refractivity contribution >= 4 is 5.82 Å². The van der Waals surface area contributed by atoms with Gasteiger partial charge in [-0.3, -0.25) is 0 Å². The van der Waals surface area contributed by atoms with Gasteiger partial charge in [-0.1, -0.05) is 20.8 Å². The number of rotatable bonds is 4. The number of piperidine rings is 1. The van der Waals surface area contributed by atoms with Gasteiger partial charge in [0.2, 0.25) is 5.88 Å². The Morgan fingerprint density at radius 2 is 2.00 bits per heavy atom. The van der Waals surface area contributed by atoms with Gasteiger partial charge in [-0.25, -0.2) is 0 Å². The molecular weight excluding hydrogens is 236 g/mol. The Labute approximate surface area is 117 Å². The van der Waals surface area contributed by atoms with Crippen LogP contribution in [0.1, 0.15) is 39.2 Å². The van der Waals surface area contributed by atoms with E-state index in [1.807, 2.05) is 0 Å². The van der Waals surface area contributed by atoms with E-state index in [0.717, 1.165) is 43.0 Å². The van der Waals surface area contributed by atoms with Crippen LogP contribution in [0.3, 0.4) is 0 Å². The number of ether oxygens (including phenoxy) is 1. The molecule has 1 aliphatic rings. The van der Waals surface area contributed by atoms with Crippen LogP contribution in [-0.4, -0.2) is 25.2 Å². The lowest BCUT2D eigenvalue weighted by Gasteiger charge is -2.34. The normalized spacial score (nSPS) is 17.0. The Bertz CT molecular complexity index is 409. The molecule has 1 aromatic rings. The molecule has 1 saturated heterocycles. The second kappa shape index (κ2) is 6.27. The van der Waals surface area contributed by atoms with Gasteiger partial charge in [0.1, 0.15) is 5.82 Å². The summed E-state index contributed by atoms with van der Waals surface area (Å²) >= 11 is 0. The van der Waals surface area contributed by atoms with Crippen LogP contribution in [0.4, 0.5) is 5.82 Å². The van der Waals surface area contributed by atoms with Crippen LogP contribution in [0.25, 0.3) is 0 Å². The third kappa shape index (κ3) is 3.20. The van der Waals surface area contributed by atoms with E-state index < -0.39 is 0 Å². The van der Waals surface area contributed by atoms with Crippen LogP contribution in [0.2, 0.25) is 0 Å². The second-order valence-electron chi connectivity index (χ2n) is 5.76. The zero-order chi connectivity index (χ0) is 13.8. The summed E-state index contributed by atoms with van der Waals surface area (Å²) in [5.41, 5.74) is 1.18. The molecule has 0 aliphatic carbocycles. The summed E-state index contributed by atoms with van der Waals surface area (Å²) < 4.78 is 5.39. The van der Waals surface area contributed by atoms with E-state index in [4.69, 9.17) is 4.74 Å². The van der Waals surface area contributed by atoms with E-state index in [9.17, 15) is 0 Å². The highest BCUT2D eigenvalue weighted by Crippen LogP contribution is 2.28. The minimum atomic E-state index is 0.783. The van der Waals surface area contributed by atoms with E-state index in [1.54, 1.807) is 7.11 Å². The zero-order valence-electron chi connectivity index (χ0n) is 12.6. The molecule has 0 saturated carbocycles. The van der Waals surface area contributed by atoms with E-state index in [-0.39, 0.29) is 0 Å². The molecular formula is C16H26N2O. The Hall–Kier alpha value is -1.25.